The van der Waals surface area contributed by atoms with Crippen molar-refractivity contribution < 1.29 is 9.53 Å². The second kappa shape index (κ2) is 3.75. The molecular weight excluding hydrogens is 180 g/mol. The van der Waals surface area contributed by atoms with Gasteiger partial charge in [-0.25, -0.2) is 0 Å². The maximum absolute atomic E-state index is 11.1. The summed E-state index contributed by atoms with van der Waals surface area (Å²) >= 11 is 0. The number of aromatic nitrogens is 1. The summed E-state index contributed by atoms with van der Waals surface area (Å²) < 4.78 is 5.46. The van der Waals surface area contributed by atoms with Crippen molar-refractivity contribution in [2.45, 2.75) is 18.9 Å². The van der Waals surface area contributed by atoms with Crippen LogP contribution < -0.4 is 5.73 Å². The molecule has 2 N–H and O–H groups in total. The Morgan fingerprint density at radius 3 is 3.14 bits per heavy atom. The highest BCUT2D eigenvalue weighted by atomic mass is 16.5. The molecule has 0 aromatic carbocycles. The van der Waals surface area contributed by atoms with Crippen LogP contribution in [0.2, 0.25) is 0 Å². The van der Waals surface area contributed by atoms with Crippen LogP contribution in [0.1, 0.15) is 35.0 Å². The van der Waals surface area contributed by atoms with Crippen LogP contribution in [0.15, 0.2) is 18.3 Å². The van der Waals surface area contributed by atoms with Gasteiger partial charge in [-0.2, -0.15) is 0 Å². The molecule has 2 rings (SSSR count). The summed E-state index contributed by atoms with van der Waals surface area (Å²) in [6, 6.07) is 3.39. The number of primary amides is 1. The maximum Gasteiger partial charge on any atom is 0.250 e. The first-order valence-electron chi connectivity index (χ1n) is 4.65. The molecule has 1 amide bonds. The highest BCUT2D eigenvalue weighted by Crippen LogP contribution is 2.28. The summed E-state index contributed by atoms with van der Waals surface area (Å²) in [6.45, 7) is 0.736. The van der Waals surface area contributed by atoms with Crippen molar-refractivity contribution in [1.82, 2.24) is 4.98 Å². The molecule has 1 aliphatic rings. The van der Waals surface area contributed by atoms with E-state index in [0.29, 0.717) is 11.3 Å². The number of rotatable bonds is 2. The molecule has 1 fully saturated rings. The summed E-state index contributed by atoms with van der Waals surface area (Å²) in [5.74, 6) is -0.441. The number of hydrogen-bond acceptors (Lipinski definition) is 3. The van der Waals surface area contributed by atoms with E-state index in [4.69, 9.17) is 10.5 Å². The van der Waals surface area contributed by atoms with Crippen LogP contribution in [0, 0.1) is 0 Å². The highest BCUT2D eigenvalue weighted by molar-refractivity contribution is 5.93. The minimum absolute atomic E-state index is 0.0568. The van der Waals surface area contributed by atoms with Gasteiger partial charge >= 0.3 is 0 Å². The number of amides is 1. The second-order valence-corrected chi connectivity index (χ2v) is 3.30. The lowest BCUT2D eigenvalue weighted by molar-refractivity contribution is 0.0959. The zero-order valence-electron chi connectivity index (χ0n) is 7.77. The van der Waals surface area contributed by atoms with E-state index in [9.17, 15) is 4.79 Å². The summed E-state index contributed by atoms with van der Waals surface area (Å²) in [5, 5.41) is 0. The van der Waals surface area contributed by atoms with Crippen molar-refractivity contribution in [1.29, 1.82) is 0 Å². The molecule has 0 radical (unpaired) electrons. The average Bonchev–Trinajstić information content (AvgIpc) is 2.70. The molecule has 0 spiro atoms. The Morgan fingerprint density at radius 2 is 2.50 bits per heavy atom. The van der Waals surface area contributed by atoms with Crippen LogP contribution in [0.4, 0.5) is 0 Å². The first kappa shape index (κ1) is 9.15. The Kier molecular flexibility index (Phi) is 2.45. The van der Waals surface area contributed by atoms with Crippen molar-refractivity contribution >= 4 is 5.91 Å². The van der Waals surface area contributed by atoms with Gasteiger partial charge in [-0.15, -0.1) is 0 Å². The van der Waals surface area contributed by atoms with Crippen LogP contribution in [-0.2, 0) is 4.74 Å². The van der Waals surface area contributed by atoms with Gasteiger partial charge in [0.1, 0.15) is 6.10 Å². The van der Waals surface area contributed by atoms with E-state index in [0.717, 1.165) is 19.4 Å². The van der Waals surface area contributed by atoms with Gasteiger partial charge < -0.3 is 10.5 Å². The zero-order valence-corrected chi connectivity index (χ0v) is 7.77. The molecule has 1 aliphatic heterocycles. The summed E-state index contributed by atoms with van der Waals surface area (Å²) in [5.41, 5.74) is 6.40. The highest BCUT2D eigenvalue weighted by Gasteiger charge is 2.23. The fourth-order valence-electron chi connectivity index (χ4n) is 1.68. The average molecular weight is 192 g/mol. The predicted octanol–water partition coefficient (Wildman–Crippen LogP) is 1.03. The Hall–Kier alpha value is -1.42. The molecule has 2 heterocycles. The van der Waals surface area contributed by atoms with Crippen LogP contribution in [0.3, 0.4) is 0 Å². The molecule has 1 saturated heterocycles. The molecule has 1 atom stereocenters. The normalized spacial score (nSPS) is 21.0. The number of pyridine rings is 1. The number of ether oxygens (including phenoxy) is 1. The fourth-order valence-corrected chi connectivity index (χ4v) is 1.68. The molecule has 0 bridgehead atoms. The fraction of sp³-hybridized carbons (Fsp3) is 0.400. The van der Waals surface area contributed by atoms with Gasteiger partial charge in [-0.3, -0.25) is 9.78 Å². The van der Waals surface area contributed by atoms with Crippen molar-refractivity contribution in [2.75, 3.05) is 6.61 Å². The van der Waals surface area contributed by atoms with Crippen molar-refractivity contribution in [3.8, 4) is 0 Å². The first-order chi connectivity index (χ1) is 6.79. The molecule has 4 heteroatoms. The number of carbonyl (C=O) groups excluding carboxylic acids is 1. The van der Waals surface area contributed by atoms with Crippen LogP contribution in [-0.4, -0.2) is 17.5 Å². The van der Waals surface area contributed by atoms with E-state index in [1.807, 2.05) is 0 Å². The Balaban J connectivity index is 2.35. The lowest BCUT2D eigenvalue weighted by Gasteiger charge is -2.11. The van der Waals surface area contributed by atoms with Gasteiger partial charge in [-0.1, -0.05) is 0 Å². The molecule has 4 nitrogen and oxygen atoms in total. The third-order valence-electron chi connectivity index (χ3n) is 2.34. The molecule has 0 saturated carbocycles. The van der Waals surface area contributed by atoms with Gasteiger partial charge in [0.25, 0.3) is 5.91 Å². The minimum Gasteiger partial charge on any atom is -0.372 e. The van der Waals surface area contributed by atoms with Gasteiger partial charge in [0.15, 0.2) is 0 Å². The van der Waals surface area contributed by atoms with Crippen LogP contribution >= 0.6 is 0 Å². The standard InChI is InChI=1S/C10H12N2O2/c11-10(13)7-3-1-5-12-9(7)8-4-2-6-14-8/h1,3,5,8H,2,4,6H2,(H2,11,13). The topological polar surface area (TPSA) is 65.2 Å². The van der Waals surface area contributed by atoms with E-state index < -0.39 is 5.91 Å². The van der Waals surface area contributed by atoms with E-state index in [2.05, 4.69) is 4.98 Å². The van der Waals surface area contributed by atoms with Crippen LogP contribution in [0.5, 0.6) is 0 Å². The van der Waals surface area contributed by atoms with Gasteiger partial charge in [0.2, 0.25) is 0 Å². The lowest BCUT2D eigenvalue weighted by Crippen LogP contribution is -2.16. The van der Waals surface area contributed by atoms with Gasteiger partial charge in [-0.05, 0) is 25.0 Å². The van der Waals surface area contributed by atoms with E-state index >= 15 is 0 Å². The molecule has 1 aromatic rings. The molecular formula is C10H12N2O2. The molecule has 0 aliphatic carbocycles. The van der Waals surface area contributed by atoms with Crippen molar-refractivity contribution in [2.24, 2.45) is 5.73 Å². The minimum atomic E-state index is -0.441. The molecule has 14 heavy (non-hydrogen) atoms. The SMILES string of the molecule is NC(=O)c1cccnc1C1CCCO1. The smallest absolute Gasteiger partial charge is 0.250 e. The van der Waals surface area contributed by atoms with E-state index in [-0.39, 0.29) is 6.10 Å². The maximum atomic E-state index is 11.1. The van der Waals surface area contributed by atoms with Gasteiger partial charge in [0.05, 0.1) is 11.3 Å². The lowest BCUT2D eigenvalue weighted by atomic mass is 10.1. The number of hydrogen-bond donors (Lipinski definition) is 1. The molecule has 1 unspecified atom stereocenters. The second-order valence-electron chi connectivity index (χ2n) is 3.30. The summed E-state index contributed by atoms with van der Waals surface area (Å²) in [7, 11) is 0. The number of nitrogens with zero attached hydrogens (tertiary/aromatic N) is 1. The number of nitrogens with two attached hydrogens (primary N) is 1. The number of carbonyl (C=O) groups is 1. The Labute approximate surface area is 82.1 Å². The van der Waals surface area contributed by atoms with Crippen molar-refractivity contribution in [3.63, 3.8) is 0 Å². The Bertz CT molecular complexity index is 346. The van der Waals surface area contributed by atoms with E-state index in [1.54, 1.807) is 18.3 Å². The zero-order chi connectivity index (χ0) is 9.97. The van der Waals surface area contributed by atoms with Crippen molar-refractivity contribution in [3.05, 3.63) is 29.6 Å². The molecule has 1 aromatic heterocycles. The van der Waals surface area contributed by atoms with E-state index in [1.165, 1.54) is 0 Å². The quantitative estimate of drug-likeness (QED) is 0.761. The third kappa shape index (κ3) is 1.61. The predicted molar refractivity (Wildman–Crippen MR) is 50.7 cm³/mol. The summed E-state index contributed by atoms with van der Waals surface area (Å²) in [6.07, 6.45) is 3.53. The van der Waals surface area contributed by atoms with Gasteiger partial charge in [0, 0.05) is 12.8 Å². The Morgan fingerprint density at radius 1 is 1.64 bits per heavy atom. The largest absolute Gasteiger partial charge is 0.372 e. The molecule has 74 valence electrons. The third-order valence-corrected chi connectivity index (χ3v) is 2.34. The van der Waals surface area contributed by atoms with Crippen LogP contribution in [0.25, 0.3) is 0 Å². The monoisotopic (exact) mass is 192 g/mol. The summed E-state index contributed by atoms with van der Waals surface area (Å²) in [4.78, 5) is 15.3. The first-order valence-corrected chi connectivity index (χ1v) is 4.65.